The zero-order valence-electron chi connectivity index (χ0n) is 13.3. The van der Waals surface area contributed by atoms with Gasteiger partial charge in [-0.25, -0.2) is 0 Å². The van der Waals surface area contributed by atoms with Gasteiger partial charge in [0.25, 0.3) is 0 Å². The van der Waals surface area contributed by atoms with Gasteiger partial charge in [0.15, 0.2) is 0 Å². The van der Waals surface area contributed by atoms with Crippen LogP contribution in [0.15, 0.2) is 94.1 Å². The number of ether oxygens (including phenoxy) is 1. The van der Waals surface area contributed by atoms with E-state index in [0.717, 1.165) is 28.4 Å². The molecule has 0 unspecified atom stereocenters. The highest BCUT2D eigenvalue weighted by Gasteiger charge is 1.94. The molecule has 0 fully saturated rings. The fourth-order valence-corrected chi connectivity index (χ4v) is 2.05. The van der Waals surface area contributed by atoms with Crippen molar-refractivity contribution < 1.29 is 4.74 Å². The lowest BCUT2D eigenvalue weighted by Gasteiger charge is -1.99. The molecule has 0 bridgehead atoms. The van der Waals surface area contributed by atoms with E-state index in [1.165, 1.54) is 0 Å². The van der Waals surface area contributed by atoms with Gasteiger partial charge >= 0.3 is 0 Å². The standard InChI is InChI=1S/C20H17N3O/c1-24-20-13-7-16(8-14-20)15-21-17-9-11-19(12-10-17)23-22-18-5-3-2-4-6-18/h2-15H,1H3. The molecule has 0 aliphatic carbocycles. The molecule has 4 nitrogen and oxygen atoms in total. The summed E-state index contributed by atoms with van der Waals surface area (Å²) >= 11 is 0. The highest BCUT2D eigenvalue weighted by Crippen LogP contribution is 2.21. The predicted molar refractivity (Wildman–Crippen MR) is 97.3 cm³/mol. The van der Waals surface area contributed by atoms with Gasteiger partial charge in [0.05, 0.1) is 24.2 Å². The maximum Gasteiger partial charge on any atom is 0.118 e. The lowest BCUT2D eigenvalue weighted by molar-refractivity contribution is 0.415. The van der Waals surface area contributed by atoms with Crippen molar-refractivity contribution in [3.63, 3.8) is 0 Å². The van der Waals surface area contributed by atoms with Crippen molar-refractivity contribution in [1.29, 1.82) is 0 Å². The van der Waals surface area contributed by atoms with E-state index < -0.39 is 0 Å². The van der Waals surface area contributed by atoms with E-state index in [9.17, 15) is 0 Å². The fourth-order valence-electron chi connectivity index (χ4n) is 2.05. The second-order valence-corrected chi connectivity index (χ2v) is 5.08. The molecule has 0 aliphatic rings. The van der Waals surface area contributed by atoms with Crippen LogP contribution in [0.2, 0.25) is 0 Å². The van der Waals surface area contributed by atoms with Gasteiger partial charge in [-0.3, -0.25) is 4.99 Å². The molecule has 24 heavy (non-hydrogen) atoms. The summed E-state index contributed by atoms with van der Waals surface area (Å²) in [5, 5.41) is 8.40. The third-order valence-electron chi connectivity index (χ3n) is 3.37. The summed E-state index contributed by atoms with van der Waals surface area (Å²) in [6, 6.07) is 25.0. The molecule has 0 aromatic heterocycles. The molecular weight excluding hydrogens is 298 g/mol. The van der Waals surface area contributed by atoms with Gasteiger partial charge in [-0.05, 0) is 66.2 Å². The van der Waals surface area contributed by atoms with Crippen LogP contribution in [0.3, 0.4) is 0 Å². The number of benzene rings is 3. The molecule has 0 atom stereocenters. The van der Waals surface area contributed by atoms with Crippen LogP contribution >= 0.6 is 0 Å². The summed E-state index contributed by atoms with van der Waals surface area (Å²) in [7, 11) is 1.65. The van der Waals surface area contributed by atoms with E-state index in [1.807, 2.05) is 85.1 Å². The molecule has 0 amide bonds. The van der Waals surface area contributed by atoms with E-state index in [4.69, 9.17) is 4.74 Å². The Hall–Kier alpha value is -3.27. The molecule has 3 aromatic rings. The molecule has 3 aromatic carbocycles. The number of azo groups is 1. The van der Waals surface area contributed by atoms with E-state index in [0.29, 0.717) is 0 Å². The van der Waals surface area contributed by atoms with Crippen molar-refractivity contribution in [2.75, 3.05) is 7.11 Å². The third-order valence-corrected chi connectivity index (χ3v) is 3.37. The van der Waals surface area contributed by atoms with E-state index in [-0.39, 0.29) is 0 Å². The first-order valence-corrected chi connectivity index (χ1v) is 7.58. The molecule has 0 saturated heterocycles. The lowest BCUT2D eigenvalue weighted by atomic mass is 10.2. The van der Waals surface area contributed by atoms with Gasteiger partial charge in [0.2, 0.25) is 0 Å². The Morgan fingerprint density at radius 3 is 1.88 bits per heavy atom. The van der Waals surface area contributed by atoms with Crippen molar-refractivity contribution in [3.05, 3.63) is 84.4 Å². The van der Waals surface area contributed by atoms with Crippen LogP contribution < -0.4 is 4.74 Å². The largest absolute Gasteiger partial charge is 0.497 e. The van der Waals surface area contributed by atoms with E-state index >= 15 is 0 Å². The van der Waals surface area contributed by atoms with Crippen molar-refractivity contribution in [2.45, 2.75) is 0 Å². The highest BCUT2D eigenvalue weighted by atomic mass is 16.5. The van der Waals surface area contributed by atoms with Gasteiger partial charge in [-0.1, -0.05) is 18.2 Å². The molecule has 0 radical (unpaired) electrons. The third kappa shape index (κ3) is 4.36. The number of rotatable bonds is 5. The molecule has 3 rings (SSSR count). The van der Waals surface area contributed by atoms with Crippen LogP contribution in [-0.2, 0) is 0 Å². The van der Waals surface area contributed by atoms with E-state index in [1.54, 1.807) is 7.11 Å². The molecule has 0 N–H and O–H groups in total. The van der Waals surface area contributed by atoms with Gasteiger partial charge < -0.3 is 4.74 Å². The summed E-state index contributed by atoms with van der Waals surface area (Å²) in [5.74, 6) is 0.834. The number of hydrogen-bond acceptors (Lipinski definition) is 4. The number of methoxy groups -OCH3 is 1. The molecular formula is C20H17N3O. The van der Waals surface area contributed by atoms with E-state index in [2.05, 4.69) is 15.2 Å². The van der Waals surface area contributed by atoms with Crippen LogP contribution in [-0.4, -0.2) is 13.3 Å². The first-order chi connectivity index (χ1) is 11.8. The average molecular weight is 315 g/mol. The van der Waals surface area contributed by atoms with Crippen molar-refractivity contribution >= 4 is 23.3 Å². The minimum absolute atomic E-state index is 0.794. The second kappa shape index (κ2) is 7.83. The Balaban J connectivity index is 1.65. The number of aliphatic imine (C=N–C) groups is 1. The Morgan fingerprint density at radius 2 is 1.25 bits per heavy atom. The maximum absolute atomic E-state index is 5.14. The SMILES string of the molecule is COc1ccc(C=Nc2ccc(N=Nc3ccccc3)cc2)cc1. The van der Waals surface area contributed by atoms with Crippen LogP contribution in [0.4, 0.5) is 17.1 Å². The predicted octanol–water partition coefficient (Wildman–Crippen LogP) is 5.86. The fraction of sp³-hybridized carbons (Fsp3) is 0.0500. The minimum atomic E-state index is 0.794. The van der Waals surface area contributed by atoms with Crippen LogP contribution in [0.25, 0.3) is 0 Å². The average Bonchev–Trinajstić information content (AvgIpc) is 2.67. The lowest BCUT2D eigenvalue weighted by Crippen LogP contribution is -1.84. The zero-order chi connectivity index (χ0) is 16.6. The second-order valence-electron chi connectivity index (χ2n) is 5.08. The van der Waals surface area contributed by atoms with Crippen molar-refractivity contribution in [1.82, 2.24) is 0 Å². The van der Waals surface area contributed by atoms with Gasteiger partial charge in [-0.2, -0.15) is 10.2 Å². The maximum atomic E-state index is 5.14. The highest BCUT2D eigenvalue weighted by molar-refractivity contribution is 5.82. The van der Waals surface area contributed by atoms with Crippen molar-refractivity contribution in [3.8, 4) is 5.75 Å². The first kappa shape index (κ1) is 15.6. The van der Waals surface area contributed by atoms with Crippen molar-refractivity contribution in [2.24, 2.45) is 15.2 Å². The van der Waals surface area contributed by atoms with Crippen LogP contribution in [0.5, 0.6) is 5.75 Å². The molecule has 0 heterocycles. The smallest absolute Gasteiger partial charge is 0.118 e. The van der Waals surface area contributed by atoms with Gasteiger partial charge in [0.1, 0.15) is 5.75 Å². The molecule has 0 saturated carbocycles. The minimum Gasteiger partial charge on any atom is -0.497 e. The molecule has 0 spiro atoms. The topological polar surface area (TPSA) is 46.3 Å². The Bertz CT molecular complexity index is 823. The van der Waals surface area contributed by atoms with Gasteiger partial charge in [0, 0.05) is 6.21 Å². The summed E-state index contributed by atoms with van der Waals surface area (Å²) < 4.78 is 5.14. The Kier molecular flexibility index (Phi) is 5.10. The first-order valence-electron chi connectivity index (χ1n) is 7.58. The van der Waals surface area contributed by atoms with Crippen LogP contribution in [0.1, 0.15) is 5.56 Å². The van der Waals surface area contributed by atoms with Gasteiger partial charge in [-0.15, -0.1) is 0 Å². The Morgan fingerprint density at radius 1 is 0.667 bits per heavy atom. The van der Waals surface area contributed by atoms with Crippen LogP contribution in [0, 0.1) is 0 Å². The molecule has 118 valence electrons. The normalized spacial score (nSPS) is 11.2. The quantitative estimate of drug-likeness (QED) is 0.429. The monoisotopic (exact) mass is 315 g/mol. The number of hydrogen-bond donors (Lipinski definition) is 0. The summed E-state index contributed by atoms with van der Waals surface area (Å²) in [4.78, 5) is 4.45. The Labute approximate surface area is 141 Å². The summed E-state index contributed by atoms with van der Waals surface area (Å²) in [5.41, 5.74) is 3.51. The zero-order valence-corrected chi connectivity index (χ0v) is 13.3. The summed E-state index contributed by atoms with van der Waals surface area (Å²) in [6.07, 6.45) is 1.82. The molecule has 0 aliphatic heterocycles. The summed E-state index contributed by atoms with van der Waals surface area (Å²) in [6.45, 7) is 0. The molecule has 4 heteroatoms. The number of nitrogens with zero attached hydrogens (tertiary/aromatic N) is 3.